The first-order valence-corrected chi connectivity index (χ1v) is 14.0. The maximum absolute atomic E-state index is 14.8. The van der Waals surface area contributed by atoms with Crippen molar-refractivity contribution in [2.24, 2.45) is 11.3 Å². The Hall–Kier alpha value is -3.98. The smallest absolute Gasteiger partial charge is 0.411 e. The van der Waals surface area contributed by atoms with Crippen LogP contribution in [0.3, 0.4) is 0 Å². The summed E-state index contributed by atoms with van der Waals surface area (Å²) in [6.07, 6.45) is -0.363. The number of methoxy groups -OCH3 is 1. The van der Waals surface area contributed by atoms with E-state index in [4.69, 9.17) is 14.2 Å². The number of carbonyl (C=O) groups is 2. The Morgan fingerprint density at radius 2 is 1.79 bits per heavy atom. The van der Waals surface area contributed by atoms with E-state index >= 15 is 0 Å². The average Bonchev–Trinajstić information content (AvgIpc) is 3.28. The van der Waals surface area contributed by atoms with Crippen LogP contribution < -0.4 is 4.74 Å². The second kappa shape index (κ2) is 12.5. The molecular weight excluding hydrogens is 539 g/mol. The van der Waals surface area contributed by atoms with Crippen LogP contribution in [0, 0.1) is 24.1 Å². The van der Waals surface area contributed by atoms with Gasteiger partial charge >= 0.3 is 12.1 Å². The van der Waals surface area contributed by atoms with Crippen molar-refractivity contribution in [1.29, 1.82) is 0 Å². The molecule has 1 amide bonds. The van der Waals surface area contributed by atoms with Crippen molar-refractivity contribution in [3.05, 3.63) is 83.3 Å². The standard InChI is InChI=1S/C33H39FN2O6/c1-19(2)42-32(39)36-27(21-11-9-8-10-12-21)29(26(33(4,5)6)28(36)31(37)38)41-18-23-16-22(17-35-30(23)40-7)24-14-13-20(3)15-25(24)34/h8-17,19,26-29H,18H2,1-7H3,(H,37,38)/t26-,27+,28+,29+/m1/s1. The van der Waals surface area contributed by atoms with Gasteiger partial charge in [-0.15, -0.1) is 0 Å². The fourth-order valence-electron chi connectivity index (χ4n) is 5.78. The van der Waals surface area contributed by atoms with Crippen LogP contribution in [0.25, 0.3) is 11.1 Å². The summed E-state index contributed by atoms with van der Waals surface area (Å²) in [6.45, 7) is 11.1. The third kappa shape index (κ3) is 6.41. The summed E-state index contributed by atoms with van der Waals surface area (Å²) in [5.41, 5.74) is 2.45. The number of aromatic nitrogens is 1. The maximum atomic E-state index is 14.8. The molecule has 0 aliphatic carbocycles. The van der Waals surface area contributed by atoms with Gasteiger partial charge in [0.15, 0.2) is 0 Å². The topological polar surface area (TPSA) is 98.2 Å². The molecule has 8 nitrogen and oxygen atoms in total. The normalized spacial score (nSPS) is 20.5. The van der Waals surface area contributed by atoms with E-state index in [1.165, 1.54) is 18.1 Å². The molecule has 1 fully saturated rings. The minimum Gasteiger partial charge on any atom is -0.481 e. The number of benzene rings is 2. The number of carboxylic acids is 1. The number of nitrogens with zero attached hydrogens (tertiary/aromatic N) is 2. The molecule has 0 radical (unpaired) electrons. The number of aryl methyl sites for hydroxylation is 1. The first-order valence-electron chi connectivity index (χ1n) is 14.0. The van der Waals surface area contributed by atoms with E-state index in [-0.39, 0.29) is 12.4 Å². The van der Waals surface area contributed by atoms with E-state index < -0.39 is 47.7 Å². The van der Waals surface area contributed by atoms with Crippen molar-refractivity contribution in [2.45, 2.75) is 72.4 Å². The van der Waals surface area contributed by atoms with E-state index in [0.717, 1.165) is 11.1 Å². The lowest BCUT2D eigenvalue weighted by Crippen LogP contribution is -2.47. The molecule has 224 valence electrons. The second-order valence-corrected chi connectivity index (χ2v) is 12.0. The number of rotatable bonds is 8. The van der Waals surface area contributed by atoms with Gasteiger partial charge in [-0.3, -0.25) is 4.90 Å². The molecule has 4 rings (SSSR count). The molecule has 1 N–H and O–H groups in total. The van der Waals surface area contributed by atoms with E-state index in [0.29, 0.717) is 22.6 Å². The molecule has 1 aliphatic rings. The summed E-state index contributed by atoms with van der Waals surface area (Å²) < 4.78 is 32.5. The van der Waals surface area contributed by atoms with Crippen molar-refractivity contribution in [3.8, 4) is 17.0 Å². The number of halogens is 1. The van der Waals surface area contributed by atoms with Crippen LogP contribution in [-0.4, -0.2) is 52.4 Å². The van der Waals surface area contributed by atoms with Crippen LogP contribution in [0.2, 0.25) is 0 Å². The van der Waals surface area contributed by atoms with Crippen LogP contribution in [0.15, 0.2) is 60.8 Å². The SMILES string of the molecule is COc1ncc(-c2ccc(C)cc2F)cc1CO[C@H]1[C@H](C(C)(C)C)[C@@H](C(=O)O)N(C(=O)OC(C)C)[C@H]1c1ccccc1. The predicted molar refractivity (Wildman–Crippen MR) is 157 cm³/mol. The van der Waals surface area contributed by atoms with Crippen molar-refractivity contribution in [3.63, 3.8) is 0 Å². The summed E-state index contributed by atoms with van der Waals surface area (Å²) in [5.74, 6) is -1.82. The van der Waals surface area contributed by atoms with Gasteiger partial charge in [0.2, 0.25) is 5.88 Å². The van der Waals surface area contributed by atoms with Gasteiger partial charge in [0.25, 0.3) is 0 Å². The molecule has 0 bridgehead atoms. The average molecular weight is 579 g/mol. The van der Waals surface area contributed by atoms with E-state index in [2.05, 4.69) is 4.98 Å². The molecule has 2 aromatic carbocycles. The number of hydrogen-bond donors (Lipinski definition) is 1. The predicted octanol–water partition coefficient (Wildman–Crippen LogP) is 6.81. The zero-order valence-electron chi connectivity index (χ0n) is 25.1. The summed E-state index contributed by atoms with van der Waals surface area (Å²) in [5, 5.41) is 10.5. The number of aliphatic carboxylic acids is 1. The number of likely N-dealkylation sites (tertiary alicyclic amines) is 1. The van der Waals surface area contributed by atoms with Gasteiger partial charge in [0, 0.05) is 28.8 Å². The maximum Gasteiger partial charge on any atom is 0.411 e. The van der Waals surface area contributed by atoms with Crippen molar-refractivity contribution in [2.75, 3.05) is 7.11 Å². The van der Waals surface area contributed by atoms with E-state index in [1.807, 2.05) is 64.1 Å². The number of carbonyl (C=O) groups excluding carboxylic acids is 1. The molecule has 9 heteroatoms. The van der Waals surface area contributed by atoms with Gasteiger partial charge in [0.1, 0.15) is 11.9 Å². The Balaban J connectivity index is 1.80. The Kier molecular flexibility index (Phi) is 9.21. The second-order valence-electron chi connectivity index (χ2n) is 12.0. The molecule has 4 atom stereocenters. The zero-order valence-corrected chi connectivity index (χ0v) is 25.1. The molecule has 2 heterocycles. The lowest BCUT2D eigenvalue weighted by Gasteiger charge is -2.34. The Labute approximate surface area is 246 Å². The molecule has 1 aliphatic heterocycles. The number of pyridine rings is 1. The number of ether oxygens (including phenoxy) is 3. The zero-order chi connectivity index (χ0) is 30.8. The van der Waals surface area contributed by atoms with Crippen LogP contribution in [0.4, 0.5) is 9.18 Å². The summed E-state index contributed by atoms with van der Waals surface area (Å²) >= 11 is 0. The molecule has 1 saturated heterocycles. The molecule has 0 saturated carbocycles. The fourth-order valence-corrected chi connectivity index (χ4v) is 5.78. The lowest BCUT2D eigenvalue weighted by molar-refractivity contribution is -0.145. The molecule has 1 aromatic heterocycles. The highest BCUT2D eigenvalue weighted by Crippen LogP contribution is 2.50. The number of hydrogen-bond acceptors (Lipinski definition) is 6. The highest BCUT2D eigenvalue weighted by molar-refractivity contribution is 5.82. The van der Waals surface area contributed by atoms with Crippen molar-refractivity contribution >= 4 is 12.1 Å². The molecular formula is C33H39FN2O6. The summed E-state index contributed by atoms with van der Waals surface area (Å²) in [7, 11) is 1.49. The largest absolute Gasteiger partial charge is 0.481 e. The third-order valence-corrected chi connectivity index (χ3v) is 7.53. The Morgan fingerprint density at radius 3 is 2.36 bits per heavy atom. The summed E-state index contributed by atoms with van der Waals surface area (Å²) in [6, 6.07) is 14.0. The van der Waals surface area contributed by atoms with Crippen LogP contribution in [0.1, 0.15) is 57.4 Å². The Bertz CT molecular complexity index is 1420. The molecule has 0 unspecified atom stereocenters. The highest BCUT2D eigenvalue weighted by Gasteiger charge is 2.59. The quantitative estimate of drug-likeness (QED) is 0.314. The lowest BCUT2D eigenvalue weighted by atomic mass is 9.73. The minimum absolute atomic E-state index is 0.0164. The van der Waals surface area contributed by atoms with Gasteiger partial charge in [-0.2, -0.15) is 0 Å². The molecule has 0 spiro atoms. The molecule has 3 aromatic rings. The third-order valence-electron chi connectivity index (χ3n) is 7.53. The van der Waals surface area contributed by atoms with Crippen molar-refractivity contribution < 1.29 is 33.3 Å². The van der Waals surface area contributed by atoms with Gasteiger partial charge in [-0.05, 0) is 49.4 Å². The Morgan fingerprint density at radius 1 is 1.10 bits per heavy atom. The molecule has 42 heavy (non-hydrogen) atoms. The van der Waals surface area contributed by atoms with Gasteiger partial charge in [-0.25, -0.2) is 19.0 Å². The van der Waals surface area contributed by atoms with Gasteiger partial charge in [-0.1, -0.05) is 63.2 Å². The van der Waals surface area contributed by atoms with E-state index in [9.17, 15) is 19.1 Å². The van der Waals surface area contributed by atoms with Gasteiger partial charge < -0.3 is 19.3 Å². The summed E-state index contributed by atoms with van der Waals surface area (Å²) in [4.78, 5) is 32.1. The minimum atomic E-state index is -1.21. The van der Waals surface area contributed by atoms with Crippen LogP contribution in [0.5, 0.6) is 5.88 Å². The number of carboxylic acid groups (broad SMARTS) is 1. The number of amides is 1. The van der Waals surface area contributed by atoms with E-state index in [1.54, 1.807) is 32.2 Å². The first-order chi connectivity index (χ1) is 19.8. The van der Waals surface area contributed by atoms with Crippen molar-refractivity contribution in [1.82, 2.24) is 9.88 Å². The van der Waals surface area contributed by atoms with Gasteiger partial charge in [0.05, 0.1) is 32.0 Å². The fraction of sp³-hybridized carbons (Fsp3) is 0.424. The van der Waals surface area contributed by atoms with Crippen LogP contribution >= 0.6 is 0 Å². The monoisotopic (exact) mass is 578 g/mol. The first kappa shape index (κ1) is 31.0. The van der Waals surface area contributed by atoms with Crippen LogP contribution in [-0.2, 0) is 20.9 Å². The highest BCUT2D eigenvalue weighted by atomic mass is 19.1.